The summed E-state index contributed by atoms with van der Waals surface area (Å²) >= 11 is 0. The number of fused-ring (bicyclic) bond motifs is 6. The molecule has 0 radical (unpaired) electrons. The fourth-order valence-electron chi connectivity index (χ4n) is 3.62. The molecule has 2 heterocycles. The van der Waals surface area contributed by atoms with E-state index < -0.39 is 23.2 Å². The first kappa shape index (κ1) is 14.2. The number of benzene rings is 3. The molecule has 0 aromatic heterocycles. The molecule has 0 fully saturated rings. The van der Waals surface area contributed by atoms with E-state index in [4.69, 9.17) is 9.47 Å². The Labute approximate surface area is 141 Å². The first-order chi connectivity index (χ1) is 12.1. The number of hydrogen-bond acceptors (Lipinski definition) is 3. The molecular weight excluding hydrogens is 326 g/mol. The van der Waals surface area contributed by atoms with Crippen molar-refractivity contribution in [2.75, 3.05) is 0 Å². The maximum absolute atomic E-state index is 13.7. The largest absolute Gasteiger partial charge is 0.456 e. The maximum atomic E-state index is 13.7. The van der Waals surface area contributed by atoms with Crippen molar-refractivity contribution in [3.05, 3.63) is 94.6 Å². The molecule has 1 spiro atoms. The standard InChI is InChI=1S/C20H10F2O3/c21-11-5-7-15-17(9-11)24-18-10-12(22)6-8-16(18)20(15)14-4-2-1-3-13(14)19(23)25-20/h1-10H. The van der Waals surface area contributed by atoms with E-state index in [2.05, 4.69) is 0 Å². The van der Waals surface area contributed by atoms with Crippen LogP contribution in [0.15, 0.2) is 60.7 Å². The van der Waals surface area contributed by atoms with Crippen LogP contribution in [0, 0.1) is 11.6 Å². The summed E-state index contributed by atoms with van der Waals surface area (Å²) < 4.78 is 39.0. The van der Waals surface area contributed by atoms with E-state index in [1.807, 2.05) is 0 Å². The normalized spacial score (nSPS) is 15.8. The molecule has 0 aliphatic carbocycles. The second kappa shape index (κ2) is 4.66. The van der Waals surface area contributed by atoms with Gasteiger partial charge in [0.25, 0.3) is 0 Å². The van der Waals surface area contributed by atoms with Crippen LogP contribution in [0.25, 0.3) is 0 Å². The van der Waals surface area contributed by atoms with Gasteiger partial charge in [-0.25, -0.2) is 13.6 Å². The summed E-state index contributed by atoms with van der Waals surface area (Å²) in [5.41, 5.74) is 0.787. The quantitative estimate of drug-likeness (QED) is 0.566. The van der Waals surface area contributed by atoms with Crippen LogP contribution in [0.5, 0.6) is 11.5 Å². The zero-order valence-electron chi connectivity index (χ0n) is 12.8. The van der Waals surface area contributed by atoms with Crippen LogP contribution >= 0.6 is 0 Å². The lowest BCUT2D eigenvalue weighted by Crippen LogP contribution is -2.33. The van der Waals surface area contributed by atoms with Gasteiger partial charge >= 0.3 is 5.97 Å². The average Bonchev–Trinajstić information content (AvgIpc) is 2.88. The minimum Gasteiger partial charge on any atom is -0.456 e. The first-order valence-corrected chi connectivity index (χ1v) is 7.70. The Morgan fingerprint density at radius 3 is 2.00 bits per heavy atom. The average molecular weight is 336 g/mol. The Hall–Kier alpha value is -3.21. The molecule has 5 rings (SSSR count). The maximum Gasteiger partial charge on any atom is 0.340 e. The Bertz CT molecular complexity index is 1010. The van der Waals surface area contributed by atoms with Crippen molar-refractivity contribution in [3.8, 4) is 11.5 Å². The molecule has 0 amide bonds. The molecular formula is C20H10F2O3. The van der Waals surface area contributed by atoms with Gasteiger partial charge in [0.1, 0.15) is 23.1 Å². The molecule has 0 unspecified atom stereocenters. The van der Waals surface area contributed by atoms with Gasteiger partial charge < -0.3 is 9.47 Å². The van der Waals surface area contributed by atoms with Gasteiger partial charge in [-0.3, -0.25) is 0 Å². The SMILES string of the molecule is O=C1OC2(c3ccc(F)cc3Oc3cc(F)ccc32)c2ccccc21. The van der Waals surface area contributed by atoms with E-state index >= 15 is 0 Å². The molecule has 3 aromatic carbocycles. The van der Waals surface area contributed by atoms with Gasteiger partial charge in [-0.2, -0.15) is 0 Å². The monoisotopic (exact) mass is 336 g/mol. The summed E-state index contributed by atoms with van der Waals surface area (Å²) in [4.78, 5) is 12.5. The molecule has 2 aliphatic rings. The van der Waals surface area contributed by atoms with E-state index in [1.54, 1.807) is 24.3 Å². The van der Waals surface area contributed by atoms with Crippen LogP contribution in [0.3, 0.4) is 0 Å². The zero-order chi connectivity index (χ0) is 17.2. The third-order valence-electron chi connectivity index (χ3n) is 4.64. The van der Waals surface area contributed by atoms with Gasteiger partial charge in [0.2, 0.25) is 0 Å². The number of carbonyl (C=O) groups is 1. The lowest BCUT2D eigenvalue weighted by atomic mass is 9.78. The van der Waals surface area contributed by atoms with Crippen molar-refractivity contribution in [2.24, 2.45) is 0 Å². The van der Waals surface area contributed by atoms with Crippen LogP contribution in [0.1, 0.15) is 27.0 Å². The highest BCUT2D eigenvalue weighted by Gasteiger charge is 2.53. The number of ether oxygens (including phenoxy) is 2. The first-order valence-electron chi connectivity index (χ1n) is 7.70. The summed E-state index contributed by atoms with van der Waals surface area (Å²) in [7, 11) is 0. The third-order valence-corrected chi connectivity index (χ3v) is 4.64. The fraction of sp³-hybridized carbons (Fsp3) is 0.0500. The topological polar surface area (TPSA) is 35.5 Å². The predicted octanol–water partition coefficient (Wildman–Crippen LogP) is 4.53. The second-order valence-electron chi connectivity index (χ2n) is 6.00. The van der Waals surface area contributed by atoms with Crippen LogP contribution < -0.4 is 4.74 Å². The van der Waals surface area contributed by atoms with Crippen molar-refractivity contribution in [1.82, 2.24) is 0 Å². The lowest BCUT2D eigenvalue weighted by Gasteiger charge is -2.36. The summed E-state index contributed by atoms with van der Waals surface area (Å²) in [5, 5.41) is 0. The van der Waals surface area contributed by atoms with Crippen LogP contribution in [0.2, 0.25) is 0 Å². The summed E-state index contributed by atoms with van der Waals surface area (Å²) in [6.45, 7) is 0. The van der Waals surface area contributed by atoms with Crippen LogP contribution in [-0.2, 0) is 10.3 Å². The van der Waals surface area contributed by atoms with E-state index in [9.17, 15) is 13.6 Å². The van der Waals surface area contributed by atoms with Gasteiger partial charge in [0, 0.05) is 28.8 Å². The van der Waals surface area contributed by atoms with Gasteiger partial charge in [-0.05, 0) is 30.3 Å². The van der Waals surface area contributed by atoms with Gasteiger partial charge in [-0.15, -0.1) is 0 Å². The highest BCUT2D eigenvalue weighted by atomic mass is 19.1. The molecule has 2 aliphatic heterocycles. The Kier molecular flexibility index (Phi) is 2.64. The number of rotatable bonds is 0. The summed E-state index contributed by atoms with van der Waals surface area (Å²) in [5.74, 6) is -1.08. The van der Waals surface area contributed by atoms with Crippen molar-refractivity contribution < 1.29 is 23.0 Å². The van der Waals surface area contributed by atoms with Crippen molar-refractivity contribution in [1.29, 1.82) is 0 Å². The predicted molar refractivity (Wildman–Crippen MR) is 84.6 cm³/mol. The molecule has 5 heteroatoms. The molecule has 0 bridgehead atoms. The second-order valence-corrected chi connectivity index (χ2v) is 6.00. The zero-order valence-corrected chi connectivity index (χ0v) is 12.8. The van der Waals surface area contributed by atoms with E-state index in [0.717, 1.165) is 0 Å². The number of hydrogen-bond donors (Lipinski definition) is 0. The Morgan fingerprint density at radius 2 is 1.36 bits per heavy atom. The van der Waals surface area contributed by atoms with Gasteiger partial charge in [0.15, 0.2) is 5.60 Å². The van der Waals surface area contributed by atoms with Crippen molar-refractivity contribution in [3.63, 3.8) is 0 Å². The fourth-order valence-corrected chi connectivity index (χ4v) is 3.62. The summed E-state index contributed by atoms with van der Waals surface area (Å²) in [6.07, 6.45) is 0. The molecule has 3 aromatic rings. The Morgan fingerprint density at radius 1 is 0.760 bits per heavy atom. The Balaban J connectivity index is 1.91. The molecule has 0 saturated carbocycles. The van der Waals surface area contributed by atoms with Crippen molar-refractivity contribution in [2.45, 2.75) is 5.60 Å². The van der Waals surface area contributed by atoms with Crippen LogP contribution in [-0.4, -0.2) is 5.97 Å². The third kappa shape index (κ3) is 1.75. The molecule has 122 valence electrons. The summed E-state index contributed by atoms with van der Waals surface area (Å²) in [6, 6.07) is 15.1. The van der Waals surface area contributed by atoms with Crippen molar-refractivity contribution >= 4 is 5.97 Å². The van der Waals surface area contributed by atoms with E-state index in [-0.39, 0.29) is 11.5 Å². The van der Waals surface area contributed by atoms with E-state index in [1.165, 1.54) is 36.4 Å². The highest BCUT2D eigenvalue weighted by molar-refractivity contribution is 5.97. The minimum absolute atomic E-state index is 0.197. The number of carbonyl (C=O) groups excluding carboxylic acids is 1. The molecule has 0 N–H and O–H groups in total. The molecule has 0 atom stereocenters. The molecule has 3 nitrogen and oxygen atoms in total. The van der Waals surface area contributed by atoms with Gasteiger partial charge in [0.05, 0.1) is 5.56 Å². The van der Waals surface area contributed by atoms with E-state index in [0.29, 0.717) is 22.3 Å². The molecule has 0 saturated heterocycles. The minimum atomic E-state index is -1.28. The number of halogens is 2. The molecule has 25 heavy (non-hydrogen) atoms. The van der Waals surface area contributed by atoms with Gasteiger partial charge in [-0.1, -0.05) is 18.2 Å². The number of esters is 1. The highest BCUT2D eigenvalue weighted by Crippen LogP contribution is 2.56. The lowest BCUT2D eigenvalue weighted by molar-refractivity contribution is 0.0224. The van der Waals surface area contributed by atoms with Crippen LogP contribution in [0.4, 0.5) is 8.78 Å². The smallest absolute Gasteiger partial charge is 0.340 e.